The normalized spacial score (nSPS) is 13.1. The number of hydrogen-bond acceptors (Lipinski definition) is 3. The molecule has 2 amide bonds. The Morgan fingerprint density at radius 3 is 2.19 bits per heavy atom. The molecule has 0 saturated carbocycles. The van der Waals surface area contributed by atoms with E-state index in [1.54, 1.807) is 14.2 Å². The number of unbranched alkanes of at least 4 members (excludes halogenated alkanes) is 5. The number of rotatable bonds is 13. The Morgan fingerprint density at radius 2 is 1.67 bits per heavy atom. The number of nitrogens with two attached hydrogens (primary N) is 1. The lowest BCUT2D eigenvalue weighted by Crippen LogP contribution is -2.41. The van der Waals surface area contributed by atoms with Crippen LogP contribution >= 0.6 is 0 Å². The van der Waals surface area contributed by atoms with Gasteiger partial charge in [0.15, 0.2) is 5.79 Å². The van der Waals surface area contributed by atoms with E-state index in [1.807, 2.05) is 6.92 Å². The number of carbonyl (C=O) groups excluding carboxylic acids is 1. The molecule has 0 aromatic carbocycles. The zero-order valence-electron chi connectivity index (χ0n) is 14.2. The fraction of sp³-hybridized carbons (Fsp3) is 0.938. The molecule has 21 heavy (non-hydrogen) atoms. The number of amides is 2. The summed E-state index contributed by atoms with van der Waals surface area (Å²) < 4.78 is 11.1. The fourth-order valence-corrected chi connectivity index (χ4v) is 2.63. The first kappa shape index (κ1) is 20.2. The maximum absolute atomic E-state index is 10.8. The van der Waals surface area contributed by atoms with Crippen molar-refractivity contribution < 1.29 is 14.3 Å². The molecule has 0 aromatic heterocycles. The summed E-state index contributed by atoms with van der Waals surface area (Å²) in [6.45, 7) is 4.74. The summed E-state index contributed by atoms with van der Waals surface area (Å²) >= 11 is 0. The van der Waals surface area contributed by atoms with Crippen molar-refractivity contribution in [3.8, 4) is 0 Å². The van der Waals surface area contributed by atoms with E-state index in [0.29, 0.717) is 6.54 Å². The predicted molar refractivity (Wildman–Crippen MR) is 86.1 cm³/mol. The maximum atomic E-state index is 10.8. The molecule has 0 radical (unpaired) electrons. The number of methoxy groups -OCH3 is 2. The molecule has 1 unspecified atom stereocenters. The van der Waals surface area contributed by atoms with Crippen molar-refractivity contribution in [3.05, 3.63) is 0 Å². The van der Waals surface area contributed by atoms with E-state index in [9.17, 15) is 4.79 Å². The number of urea groups is 1. The van der Waals surface area contributed by atoms with Gasteiger partial charge in [-0.05, 0) is 19.8 Å². The first-order valence-electron chi connectivity index (χ1n) is 8.13. The van der Waals surface area contributed by atoms with Crippen LogP contribution in [-0.2, 0) is 9.47 Å². The average Bonchev–Trinajstić information content (AvgIpc) is 2.47. The molecule has 3 N–H and O–H groups in total. The largest absolute Gasteiger partial charge is 0.353 e. The van der Waals surface area contributed by atoms with E-state index in [4.69, 9.17) is 15.2 Å². The summed E-state index contributed by atoms with van der Waals surface area (Å²) in [6.07, 6.45) is 9.43. The third-order valence-electron chi connectivity index (χ3n) is 4.25. The van der Waals surface area contributed by atoms with Gasteiger partial charge in [-0.2, -0.15) is 0 Å². The number of ether oxygens (including phenoxy) is 2. The van der Waals surface area contributed by atoms with E-state index in [1.165, 1.54) is 32.1 Å². The van der Waals surface area contributed by atoms with E-state index in [-0.39, 0.29) is 5.92 Å². The summed E-state index contributed by atoms with van der Waals surface area (Å²) in [7, 11) is 3.33. The molecular formula is C16H34N2O3. The summed E-state index contributed by atoms with van der Waals surface area (Å²) in [5.41, 5.74) is 5.11. The van der Waals surface area contributed by atoms with E-state index in [2.05, 4.69) is 12.2 Å². The van der Waals surface area contributed by atoms with Crippen LogP contribution in [0.2, 0.25) is 0 Å². The Kier molecular flexibility index (Phi) is 11.4. The van der Waals surface area contributed by atoms with Crippen LogP contribution in [0.1, 0.15) is 65.2 Å². The SMILES string of the molecule is CCCCCCCCC(CCNC(N)=O)C(C)(OC)OC. The average molecular weight is 302 g/mol. The molecule has 0 aliphatic heterocycles. The molecule has 0 bridgehead atoms. The van der Waals surface area contributed by atoms with Gasteiger partial charge in [0, 0.05) is 26.7 Å². The van der Waals surface area contributed by atoms with Crippen molar-refractivity contribution >= 4 is 6.03 Å². The van der Waals surface area contributed by atoms with Crippen molar-refractivity contribution in [2.45, 2.75) is 71.0 Å². The lowest BCUT2D eigenvalue weighted by atomic mass is 9.89. The number of primary amides is 1. The Hall–Kier alpha value is -0.810. The highest BCUT2D eigenvalue weighted by Gasteiger charge is 2.33. The van der Waals surface area contributed by atoms with Crippen LogP contribution in [-0.4, -0.2) is 32.6 Å². The smallest absolute Gasteiger partial charge is 0.312 e. The molecule has 0 fully saturated rings. The molecule has 0 aromatic rings. The minimum Gasteiger partial charge on any atom is -0.353 e. The Morgan fingerprint density at radius 1 is 1.10 bits per heavy atom. The summed E-state index contributed by atoms with van der Waals surface area (Å²) in [5, 5.41) is 2.64. The third kappa shape index (κ3) is 8.94. The van der Waals surface area contributed by atoms with Crippen molar-refractivity contribution in [2.24, 2.45) is 11.7 Å². The van der Waals surface area contributed by atoms with Gasteiger partial charge in [0.05, 0.1) is 0 Å². The Bertz CT molecular complexity index is 268. The molecule has 0 rings (SSSR count). The van der Waals surface area contributed by atoms with Crippen LogP contribution < -0.4 is 11.1 Å². The van der Waals surface area contributed by atoms with Crippen LogP contribution in [0.5, 0.6) is 0 Å². The molecule has 0 aliphatic rings. The number of nitrogens with one attached hydrogen (secondary N) is 1. The van der Waals surface area contributed by atoms with Crippen molar-refractivity contribution in [2.75, 3.05) is 20.8 Å². The molecule has 5 heteroatoms. The van der Waals surface area contributed by atoms with Crippen molar-refractivity contribution in [1.82, 2.24) is 5.32 Å². The fourth-order valence-electron chi connectivity index (χ4n) is 2.63. The second-order valence-electron chi connectivity index (χ2n) is 5.76. The molecule has 5 nitrogen and oxygen atoms in total. The standard InChI is InChI=1S/C16H34N2O3/c1-5-6-7-8-9-10-11-14(12-13-18-15(17)19)16(2,20-3)21-4/h14H,5-13H2,1-4H3,(H3,17,18,19). The molecule has 0 heterocycles. The molecule has 1 atom stereocenters. The predicted octanol–water partition coefficient (Wildman–Crippen LogP) is 3.42. The molecule has 0 spiro atoms. The monoisotopic (exact) mass is 302 g/mol. The van der Waals surface area contributed by atoms with Gasteiger partial charge in [0.25, 0.3) is 0 Å². The van der Waals surface area contributed by atoms with Crippen LogP contribution in [0, 0.1) is 5.92 Å². The van der Waals surface area contributed by atoms with Crippen LogP contribution in [0.4, 0.5) is 4.79 Å². The van der Waals surface area contributed by atoms with Crippen molar-refractivity contribution in [3.63, 3.8) is 0 Å². The molecule has 0 saturated heterocycles. The van der Waals surface area contributed by atoms with Crippen LogP contribution in [0.15, 0.2) is 0 Å². The highest BCUT2D eigenvalue weighted by molar-refractivity contribution is 5.71. The highest BCUT2D eigenvalue weighted by atomic mass is 16.7. The summed E-state index contributed by atoms with van der Waals surface area (Å²) in [6, 6.07) is -0.482. The third-order valence-corrected chi connectivity index (χ3v) is 4.25. The minimum atomic E-state index is -0.608. The topological polar surface area (TPSA) is 73.6 Å². The van der Waals surface area contributed by atoms with E-state index < -0.39 is 11.8 Å². The van der Waals surface area contributed by atoms with Gasteiger partial charge in [0.2, 0.25) is 0 Å². The van der Waals surface area contributed by atoms with Gasteiger partial charge < -0.3 is 20.5 Å². The van der Waals surface area contributed by atoms with Gasteiger partial charge in [-0.25, -0.2) is 4.79 Å². The quantitative estimate of drug-likeness (QED) is 0.404. The van der Waals surface area contributed by atoms with Crippen LogP contribution in [0.25, 0.3) is 0 Å². The number of hydrogen-bond donors (Lipinski definition) is 2. The van der Waals surface area contributed by atoms with Crippen LogP contribution in [0.3, 0.4) is 0 Å². The summed E-state index contributed by atoms with van der Waals surface area (Å²) in [5.74, 6) is -0.367. The number of carbonyl (C=O) groups is 1. The van der Waals surface area contributed by atoms with Gasteiger partial charge in [-0.1, -0.05) is 45.4 Å². The minimum absolute atomic E-state index is 0.241. The second kappa shape index (κ2) is 11.8. The first-order valence-corrected chi connectivity index (χ1v) is 8.13. The van der Waals surface area contributed by atoms with Gasteiger partial charge >= 0.3 is 6.03 Å². The Balaban J connectivity index is 4.21. The van der Waals surface area contributed by atoms with E-state index in [0.717, 1.165) is 19.3 Å². The maximum Gasteiger partial charge on any atom is 0.312 e. The zero-order valence-corrected chi connectivity index (χ0v) is 14.2. The lowest BCUT2D eigenvalue weighted by Gasteiger charge is -2.35. The molecular weight excluding hydrogens is 268 g/mol. The highest BCUT2D eigenvalue weighted by Crippen LogP contribution is 2.30. The van der Waals surface area contributed by atoms with Crippen molar-refractivity contribution in [1.29, 1.82) is 0 Å². The Labute approximate surface area is 129 Å². The first-order chi connectivity index (χ1) is 10.00. The lowest BCUT2D eigenvalue weighted by molar-refractivity contribution is -0.229. The molecule has 0 aliphatic carbocycles. The summed E-state index contributed by atoms with van der Waals surface area (Å²) in [4.78, 5) is 10.8. The zero-order chi connectivity index (χ0) is 16.1. The van der Waals surface area contributed by atoms with Gasteiger partial charge in [-0.15, -0.1) is 0 Å². The van der Waals surface area contributed by atoms with Gasteiger partial charge in [-0.3, -0.25) is 0 Å². The second-order valence-corrected chi connectivity index (χ2v) is 5.76. The van der Waals surface area contributed by atoms with Gasteiger partial charge in [0.1, 0.15) is 0 Å². The van der Waals surface area contributed by atoms with E-state index >= 15 is 0 Å². The molecule has 126 valence electrons.